The first-order chi connectivity index (χ1) is 8.08. The predicted octanol–water partition coefficient (Wildman–Crippen LogP) is 3.09. The van der Waals surface area contributed by atoms with Gasteiger partial charge in [0.1, 0.15) is 6.10 Å². The molecule has 2 nitrogen and oxygen atoms in total. The number of pyridine rings is 1. The Bertz CT molecular complexity index is 517. The Labute approximate surface area is 102 Å². The average molecular weight is 227 g/mol. The Balaban J connectivity index is 2.36. The van der Waals surface area contributed by atoms with Crippen molar-refractivity contribution in [3.63, 3.8) is 0 Å². The van der Waals surface area contributed by atoms with Gasteiger partial charge in [0.2, 0.25) is 0 Å². The first-order valence-electron chi connectivity index (χ1n) is 5.75. The molecule has 0 aliphatic rings. The van der Waals surface area contributed by atoms with Crippen LogP contribution >= 0.6 is 0 Å². The van der Waals surface area contributed by atoms with Crippen molar-refractivity contribution in [1.29, 1.82) is 0 Å². The van der Waals surface area contributed by atoms with Crippen LogP contribution in [0.4, 0.5) is 0 Å². The fraction of sp³-hybridized carbons (Fsp3) is 0.267. The molecule has 1 aromatic carbocycles. The van der Waals surface area contributed by atoms with E-state index in [1.54, 1.807) is 6.20 Å². The number of aliphatic hydroxyl groups excluding tert-OH is 1. The number of benzene rings is 1. The third-order valence-electron chi connectivity index (χ3n) is 2.97. The summed E-state index contributed by atoms with van der Waals surface area (Å²) in [5.41, 5.74) is 5.06. The van der Waals surface area contributed by atoms with E-state index < -0.39 is 6.10 Å². The number of aliphatic hydroxyl groups is 1. The zero-order chi connectivity index (χ0) is 12.4. The van der Waals surface area contributed by atoms with Crippen molar-refractivity contribution >= 4 is 0 Å². The third kappa shape index (κ3) is 2.53. The largest absolute Gasteiger partial charge is 0.384 e. The van der Waals surface area contributed by atoms with Crippen molar-refractivity contribution in [1.82, 2.24) is 4.98 Å². The molecular formula is C15H17NO. The van der Waals surface area contributed by atoms with E-state index >= 15 is 0 Å². The van der Waals surface area contributed by atoms with E-state index in [-0.39, 0.29) is 0 Å². The fourth-order valence-corrected chi connectivity index (χ4v) is 1.95. The van der Waals surface area contributed by atoms with E-state index in [0.717, 1.165) is 22.4 Å². The lowest BCUT2D eigenvalue weighted by atomic mass is 9.97. The molecule has 1 atom stereocenters. The van der Waals surface area contributed by atoms with E-state index in [4.69, 9.17) is 0 Å². The summed E-state index contributed by atoms with van der Waals surface area (Å²) in [6.07, 6.45) is 1.14. The molecule has 2 rings (SSSR count). The van der Waals surface area contributed by atoms with Gasteiger partial charge in [-0.1, -0.05) is 29.8 Å². The molecule has 0 aliphatic heterocycles. The highest BCUT2D eigenvalue weighted by molar-refractivity contribution is 5.36. The number of aromatic nitrogens is 1. The molecular weight excluding hydrogens is 210 g/mol. The Morgan fingerprint density at radius 2 is 1.82 bits per heavy atom. The van der Waals surface area contributed by atoms with Crippen molar-refractivity contribution < 1.29 is 5.11 Å². The highest BCUT2D eigenvalue weighted by Gasteiger charge is 2.12. The second kappa shape index (κ2) is 4.68. The van der Waals surface area contributed by atoms with Gasteiger partial charge in [0.05, 0.1) is 0 Å². The first-order valence-corrected chi connectivity index (χ1v) is 5.75. The summed E-state index contributed by atoms with van der Waals surface area (Å²) in [7, 11) is 0. The van der Waals surface area contributed by atoms with Gasteiger partial charge >= 0.3 is 0 Å². The van der Waals surface area contributed by atoms with Crippen LogP contribution in [0.1, 0.15) is 34.1 Å². The molecule has 2 aromatic rings. The van der Waals surface area contributed by atoms with E-state index in [9.17, 15) is 5.11 Å². The molecule has 0 saturated carbocycles. The van der Waals surface area contributed by atoms with Crippen molar-refractivity contribution in [2.45, 2.75) is 26.9 Å². The number of hydrogen-bond donors (Lipinski definition) is 1. The molecule has 0 bridgehead atoms. The Morgan fingerprint density at radius 1 is 1.06 bits per heavy atom. The Hall–Kier alpha value is -1.67. The molecule has 1 unspecified atom stereocenters. The lowest BCUT2D eigenvalue weighted by Gasteiger charge is -2.14. The summed E-state index contributed by atoms with van der Waals surface area (Å²) in [4.78, 5) is 4.21. The number of hydrogen-bond acceptors (Lipinski definition) is 2. The minimum Gasteiger partial charge on any atom is -0.384 e. The van der Waals surface area contributed by atoms with Gasteiger partial charge in [0.25, 0.3) is 0 Å². The second-order valence-electron chi connectivity index (χ2n) is 4.50. The summed E-state index contributed by atoms with van der Waals surface area (Å²) in [6, 6.07) is 9.93. The van der Waals surface area contributed by atoms with Crippen LogP contribution in [0.15, 0.2) is 36.5 Å². The average Bonchev–Trinajstić information content (AvgIpc) is 2.29. The summed E-state index contributed by atoms with van der Waals surface area (Å²) in [5, 5.41) is 10.3. The number of nitrogens with zero attached hydrogens (tertiary/aromatic N) is 1. The van der Waals surface area contributed by atoms with Crippen molar-refractivity contribution in [3.05, 3.63) is 64.5 Å². The molecule has 1 aromatic heterocycles. The molecule has 17 heavy (non-hydrogen) atoms. The van der Waals surface area contributed by atoms with Crippen molar-refractivity contribution in [3.8, 4) is 0 Å². The molecule has 0 spiro atoms. The fourth-order valence-electron chi connectivity index (χ4n) is 1.95. The molecule has 0 aliphatic carbocycles. The first kappa shape index (κ1) is 11.8. The van der Waals surface area contributed by atoms with Gasteiger partial charge in [0.15, 0.2) is 0 Å². The molecule has 1 N–H and O–H groups in total. The standard InChI is InChI=1S/C15H17NO/c1-10-4-7-14(11(2)8-10)15(17)13-6-5-12(3)16-9-13/h4-9,15,17H,1-3H3. The Kier molecular flexibility index (Phi) is 3.25. The van der Waals surface area contributed by atoms with Crippen LogP contribution in [0, 0.1) is 20.8 Å². The van der Waals surface area contributed by atoms with Gasteiger partial charge in [-0.2, -0.15) is 0 Å². The topological polar surface area (TPSA) is 33.1 Å². The SMILES string of the molecule is Cc1ccc(C(O)c2ccc(C)nc2)c(C)c1. The third-order valence-corrected chi connectivity index (χ3v) is 2.97. The van der Waals surface area contributed by atoms with Crippen LogP contribution < -0.4 is 0 Å². The molecule has 88 valence electrons. The summed E-state index contributed by atoms with van der Waals surface area (Å²) >= 11 is 0. The highest BCUT2D eigenvalue weighted by atomic mass is 16.3. The lowest BCUT2D eigenvalue weighted by Crippen LogP contribution is -2.03. The zero-order valence-electron chi connectivity index (χ0n) is 10.4. The van der Waals surface area contributed by atoms with Gasteiger partial charge in [-0.3, -0.25) is 4.98 Å². The van der Waals surface area contributed by atoms with E-state index in [1.807, 2.05) is 38.1 Å². The minimum atomic E-state index is -0.594. The van der Waals surface area contributed by atoms with E-state index in [2.05, 4.69) is 18.0 Å². The minimum absolute atomic E-state index is 0.594. The Morgan fingerprint density at radius 3 is 2.41 bits per heavy atom. The number of rotatable bonds is 2. The summed E-state index contributed by atoms with van der Waals surface area (Å²) < 4.78 is 0. The van der Waals surface area contributed by atoms with Crippen molar-refractivity contribution in [2.75, 3.05) is 0 Å². The predicted molar refractivity (Wildman–Crippen MR) is 69.0 cm³/mol. The van der Waals surface area contributed by atoms with Crippen LogP contribution in [0.3, 0.4) is 0 Å². The van der Waals surface area contributed by atoms with Crippen LogP contribution in [-0.2, 0) is 0 Å². The molecule has 2 heteroatoms. The van der Waals surface area contributed by atoms with Gasteiger partial charge in [-0.25, -0.2) is 0 Å². The van der Waals surface area contributed by atoms with Crippen molar-refractivity contribution in [2.24, 2.45) is 0 Å². The summed E-state index contributed by atoms with van der Waals surface area (Å²) in [6.45, 7) is 6.01. The number of aryl methyl sites for hydroxylation is 3. The lowest BCUT2D eigenvalue weighted by molar-refractivity contribution is 0.219. The quantitative estimate of drug-likeness (QED) is 0.855. The second-order valence-corrected chi connectivity index (χ2v) is 4.50. The van der Waals surface area contributed by atoms with Gasteiger partial charge in [-0.05, 0) is 38.0 Å². The van der Waals surface area contributed by atoms with Gasteiger partial charge in [-0.15, -0.1) is 0 Å². The van der Waals surface area contributed by atoms with Crippen LogP contribution in [0.5, 0.6) is 0 Å². The zero-order valence-corrected chi connectivity index (χ0v) is 10.4. The van der Waals surface area contributed by atoms with Gasteiger partial charge in [0, 0.05) is 17.5 Å². The van der Waals surface area contributed by atoms with Crippen LogP contribution in [0.2, 0.25) is 0 Å². The van der Waals surface area contributed by atoms with E-state index in [1.165, 1.54) is 5.56 Å². The monoisotopic (exact) mass is 227 g/mol. The maximum atomic E-state index is 10.3. The van der Waals surface area contributed by atoms with Crippen LogP contribution in [0.25, 0.3) is 0 Å². The molecule has 0 amide bonds. The normalized spacial score (nSPS) is 12.5. The van der Waals surface area contributed by atoms with E-state index in [0.29, 0.717) is 0 Å². The van der Waals surface area contributed by atoms with Crippen LogP contribution in [-0.4, -0.2) is 10.1 Å². The van der Waals surface area contributed by atoms with Gasteiger partial charge < -0.3 is 5.11 Å². The molecule has 0 fully saturated rings. The highest BCUT2D eigenvalue weighted by Crippen LogP contribution is 2.24. The molecule has 1 heterocycles. The maximum Gasteiger partial charge on any atom is 0.106 e. The summed E-state index contributed by atoms with van der Waals surface area (Å²) in [5.74, 6) is 0. The maximum absolute atomic E-state index is 10.3. The molecule has 0 radical (unpaired) electrons. The smallest absolute Gasteiger partial charge is 0.106 e. The molecule has 0 saturated heterocycles.